The number of hydrogen-bond acceptors (Lipinski definition) is 15. The SMILES string of the molecule is CCC(C)(C)C(CC(O)CCc1ccc2c(c1)C(=O)c1ccccc1C2=O)OO.CCC(C)(C)C(CCNC(=O)Nc1cccc2c1C(=O)c1ccccc1C2=O)OO.CCC(C)(C)C(CCOCc1ccc2c(c1)C(=O)c1ccccc1C2=O)OO.CCC(C)c1ccccc1.CCC(C)n1c2ccccc2c2ccccc21.CCn1c2ccccc2c2ccccc21. The fourth-order valence-electron chi connectivity index (χ4n) is 16.7. The minimum absolute atomic E-state index is 0.123. The fourth-order valence-corrected chi connectivity index (χ4v) is 16.7. The molecule has 0 saturated carbocycles. The van der Waals surface area contributed by atoms with Crippen molar-refractivity contribution >= 4 is 90.0 Å². The molecule has 0 radical (unpaired) electrons. The molecule has 0 spiro atoms. The van der Waals surface area contributed by atoms with Gasteiger partial charge in [-0.2, -0.15) is 0 Å². The monoisotopic (exact) mass is 1740 g/mol. The molecule has 674 valence electrons. The standard InChI is InChI=1S/C24H28O5.C23H26N2O5.C23H26O5.C16H17N.C14H13N.C10H14/c1-4-24(2,3)21(29-28)14-16(25)11-9-15-10-12-19-20(13-15)23(27)18-8-6-5-7-17(18)22(19)26;1-4-23(2,3)18(30-29)12-13-24-22(28)25-17-11-7-10-16-19(17)21(27)15-9-6-5-8-14(15)20(16)26;1-4-23(2,3)20(28-26)11-12-27-14-15-9-10-18-19(13-15)22(25)17-8-6-5-7-16(17)21(18)24;1-3-12(2)17-15-10-6-4-8-13(15)14-9-5-7-11-16(14)17;1-2-15-13-9-5-3-7-11(13)12-8-4-6-10-14(12)15;1-3-9(2)10-7-5-4-6-8-10/h5-8,10,12-13,16,21,25,28H,4,9,11,14H2,1-3H3;5-11,18,29H,4,12-13H2,1-3H3,(H2,24,25,28);5-10,13,20,26H,4,11-12,14H2,1-3H3;4-12H,3H2,1-2H3;3-10H,2H2,1H3;4-9H,3H2,1-2H3. The van der Waals surface area contributed by atoms with Gasteiger partial charge in [0, 0.05) is 143 Å². The lowest BCUT2D eigenvalue weighted by molar-refractivity contribution is -0.306. The number of aliphatic hydroxyl groups excluding tert-OH is 1. The third-order valence-corrected chi connectivity index (χ3v) is 26.3. The van der Waals surface area contributed by atoms with E-state index in [0.29, 0.717) is 113 Å². The van der Waals surface area contributed by atoms with Crippen molar-refractivity contribution in [1.82, 2.24) is 14.5 Å². The number of ether oxygens (including phenoxy) is 1. The Morgan fingerprint density at radius 2 is 0.775 bits per heavy atom. The number of benzene rings is 11. The Labute approximate surface area is 757 Å². The van der Waals surface area contributed by atoms with E-state index in [1.165, 1.54) is 55.6 Å². The highest BCUT2D eigenvalue weighted by Crippen LogP contribution is 2.39. The summed E-state index contributed by atoms with van der Waals surface area (Å²) < 4.78 is 10.6. The highest BCUT2D eigenvalue weighted by molar-refractivity contribution is 6.31. The molecule has 0 fully saturated rings. The molecule has 6 atom stereocenters. The van der Waals surface area contributed by atoms with Gasteiger partial charge in [0.05, 0.1) is 36.2 Å². The number of carbonyl (C=O) groups is 7. The van der Waals surface area contributed by atoms with Crippen LogP contribution in [0.25, 0.3) is 43.6 Å². The van der Waals surface area contributed by atoms with Crippen LogP contribution in [0.1, 0.15) is 279 Å². The van der Waals surface area contributed by atoms with Gasteiger partial charge in [0.15, 0.2) is 34.7 Å². The van der Waals surface area contributed by atoms with Crippen LogP contribution in [0.2, 0.25) is 0 Å². The van der Waals surface area contributed by atoms with E-state index in [1.807, 2.05) is 67.5 Å². The lowest BCUT2D eigenvalue weighted by Gasteiger charge is -2.32. The van der Waals surface area contributed by atoms with Gasteiger partial charge >= 0.3 is 6.03 Å². The summed E-state index contributed by atoms with van der Waals surface area (Å²) in [5.74, 6) is -0.361. The third kappa shape index (κ3) is 22.6. The highest BCUT2D eigenvalue weighted by Gasteiger charge is 2.37. The van der Waals surface area contributed by atoms with Crippen LogP contribution in [0, 0.1) is 16.2 Å². The number of amides is 2. The molecule has 6 unspecified atom stereocenters. The maximum absolute atomic E-state index is 13.0. The Kier molecular flexibility index (Phi) is 33.9. The number of nitrogens with one attached hydrogen (secondary N) is 2. The van der Waals surface area contributed by atoms with Gasteiger partial charge in [-0.25, -0.2) is 19.5 Å². The van der Waals surface area contributed by atoms with Crippen molar-refractivity contribution < 1.29 is 73.8 Å². The molecule has 16 rings (SSSR count). The second-order valence-corrected chi connectivity index (χ2v) is 35.5. The van der Waals surface area contributed by atoms with E-state index in [9.17, 15) is 43.9 Å². The van der Waals surface area contributed by atoms with E-state index >= 15 is 0 Å². The summed E-state index contributed by atoms with van der Waals surface area (Å²) in [7, 11) is 0. The van der Waals surface area contributed by atoms with E-state index in [0.717, 1.165) is 43.4 Å². The first kappa shape index (κ1) is 97.6. The second kappa shape index (κ2) is 44.8. The Balaban J connectivity index is 0.000000154. The summed E-state index contributed by atoms with van der Waals surface area (Å²) in [6, 6.07) is 81.0. The zero-order valence-corrected chi connectivity index (χ0v) is 76.8. The van der Waals surface area contributed by atoms with Crippen molar-refractivity contribution in [3.63, 3.8) is 0 Å². The van der Waals surface area contributed by atoms with Crippen LogP contribution in [0.15, 0.2) is 255 Å². The lowest BCUT2D eigenvalue weighted by Crippen LogP contribution is -2.37. The number of aliphatic hydroxyl groups is 1. The number of ketones is 6. The molecule has 129 heavy (non-hydrogen) atoms. The first-order valence-electron chi connectivity index (χ1n) is 45.2. The van der Waals surface area contributed by atoms with Crippen LogP contribution in [0.5, 0.6) is 0 Å². The number of fused-ring (bicyclic) bond motifs is 12. The Morgan fingerprint density at radius 1 is 0.395 bits per heavy atom. The molecule has 13 aromatic rings. The van der Waals surface area contributed by atoms with Gasteiger partial charge in [-0.1, -0.05) is 289 Å². The molecular weight excluding hydrogens is 1620 g/mol. The quantitative estimate of drug-likeness (QED) is 0.0151. The summed E-state index contributed by atoms with van der Waals surface area (Å²) in [4.78, 5) is 103. The molecule has 0 saturated heterocycles. The summed E-state index contributed by atoms with van der Waals surface area (Å²) >= 11 is 0. The zero-order chi connectivity index (χ0) is 92.9. The predicted molar refractivity (Wildman–Crippen MR) is 514 cm³/mol. The Hall–Kier alpha value is -12.0. The van der Waals surface area contributed by atoms with Crippen LogP contribution in [0.3, 0.4) is 0 Å². The summed E-state index contributed by atoms with van der Waals surface area (Å²) in [6.07, 6.45) is 5.37. The van der Waals surface area contributed by atoms with Crippen molar-refractivity contribution in [2.24, 2.45) is 16.2 Å². The van der Waals surface area contributed by atoms with E-state index < -0.39 is 24.3 Å². The maximum Gasteiger partial charge on any atom is 0.319 e. The zero-order valence-electron chi connectivity index (χ0n) is 76.8. The van der Waals surface area contributed by atoms with Gasteiger partial charge in [-0.3, -0.25) is 44.5 Å². The first-order valence-corrected chi connectivity index (χ1v) is 45.2. The Morgan fingerprint density at radius 3 is 1.22 bits per heavy atom. The number of hydrogen-bond donors (Lipinski definition) is 6. The van der Waals surface area contributed by atoms with E-state index in [1.54, 1.807) is 115 Å². The maximum atomic E-state index is 13.0. The molecule has 2 aromatic heterocycles. The molecular formula is C110H124N4O15. The number of rotatable bonds is 28. The number of para-hydroxylation sites is 4. The van der Waals surface area contributed by atoms with Crippen LogP contribution < -0.4 is 10.6 Å². The summed E-state index contributed by atoms with van der Waals surface area (Å²) in [5, 5.41) is 48.8. The number of aromatic nitrogens is 2. The molecule has 2 amide bonds. The van der Waals surface area contributed by atoms with Gasteiger partial charge in [-0.05, 0) is 153 Å². The van der Waals surface area contributed by atoms with Gasteiger partial charge in [0.25, 0.3) is 0 Å². The number of carbonyl (C=O) groups excluding carboxylic acids is 7. The second-order valence-electron chi connectivity index (χ2n) is 35.5. The first-order chi connectivity index (χ1) is 62.0. The molecule has 3 aliphatic rings. The van der Waals surface area contributed by atoms with Crippen molar-refractivity contribution in [3.8, 4) is 0 Å². The topological polar surface area (TPSA) is 271 Å². The number of aryl methyl sites for hydroxylation is 2. The average molecular weight is 1740 g/mol. The summed E-state index contributed by atoms with van der Waals surface area (Å²) in [6.45, 7) is 31.3. The van der Waals surface area contributed by atoms with Crippen LogP contribution in [-0.2, 0) is 39.0 Å². The van der Waals surface area contributed by atoms with Crippen molar-refractivity contribution in [3.05, 3.63) is 338 Å². The molecule has 19 nitrogen and oxygen atoms in total. The van der Waals surface area contributed by atoms with Gasteiger partial charge in [0.1, 0.15) is 6.10 Å². The van der Waals surface area contributed by atoms with Crippen molar-refractivity contribution in [1.29, 1.82) is 0 Å². The van der Waals surface area contributed by atoms with Gasteiger partial charge in [0.2, 0.25) is 0 Å². The van der Waals surface area contributed by atoms with E-state index in [4.69, 9.17) is 15.3 Å². The number of anilines is 1. The molecule has 19 heteroatoms. The lowest BCUT2D eigenvalue weighted by atomic mass is 9.80. The summed E-state index contributed by atoms with van der Waals surface area (Å²) in [5.41, 5.74) is 12.8. The third-order valence-electron chi connectivity index (χ3n) is 26.3. The predicted octanol–water partition coefficient (Wildman–Crippen LogP) is 25.2. The average Bonchev–Trinajstić information content (AvgIpc) is 1.74. The molecule has 0 bridgehead atoms. The highest BCUT2D eigenvalue weighted by atomic mass is 17.1. The van der Waals surface area contributed by atoms with Crippen molar-refractivity contribution in [2.45, 2.75) is 211 Å². The van der Waals surface area contributed by atoms with Crippen molar-refractivity contribution in [2.75, 3.05) is 18.5 Å². The molecule has 6 N–H and O–H groups in total. The molecule has 3 aliphatic carbocycles. The normalized spacial score (nSPS) is 14.0. The van der Waals surface area contributed by atoms with Crippen LogP contribution in [0.4, 0.5) is 10.5 Å². The van der Waals surface area contributed by atoms with Crippen LogP contribution >= 0.6 is 0 Å². The van der Waals surface area contributed by atoms with E-state index in [-0.39, 0.29) is 80.4 Å². The smallest absolute Gasteiger partial charge is 0.319 e. The van der Waals surface area contributed by atoms with Gasteiger partial charge in [-0.15, -0.1) is 0 Å². The molecule has 11 aromatic carbocycles. The van der Waals surface area contributed by atoms with E-state index in [2.05, 4.69) is 203 Å². The fraction of sp³-hybridized carbons (Fsp3) is 0.336. The van der Waals surface area contributed by atoms with Crippen LogP contribution in [-0.4, -0.2) is 108 Å². The molecule has 2 heterocycles. The Bertz CT molecular complexity index is 5990. The number of nitrogens with zero attached hydrogens (tertiary/aromatic N) is 2. The number of urea groups is 1. The van der Waals surface area contributed by atoms with Gasteiger partial charge < -0.3 is 29.6 Å². The minimum Gasteiger partial charge on any atom is -0.393 e. The minimum atomic E-state index is -0.646. The molecule has 0 aliphatic heterocycles. The largest absolute Gasteiger partial charge is 0.393 e.